The molecule has 1 aliphatic rings. The number of hydrogen-bond donors (Lipinski definition) is 2. The smallest absolute Gasteiger partial charge is 0.338 e. The molecule has 8 nitrogen and oxygen atoms in total. The molecule has 1 fully saturated rings. The highest BCUT2D eigenvalue weighted by atomic mass is 16.6. The van der Waals surface area contributed by atoms with Gasteiger partial charge in [0.05, 0.1) is 12.2 Å². The van der Waals surface area contributed by atoms with Gasteiger partial charge in [0.25, 0.3) is 5.56 Å². The molecule has 0 unspecified atom stereocenters. The Kier molecular flexibility index (Phi) is 4.82. The van der Waals surface area contributed by atoms with Gasteiger partial charge in [-0.15, -0.1) is 0 Å². The van der Waals surface area contributed by atoms with E-state index in [9.17, 15) is 19.5 Å². The van der Waals surface area contributed by atoms with Gasteiger partial charge < -0.3 is 14.6 Å². The summed E-state index contributed by atoms with van der Waals surface area (Å²) in [7, 11) is 0. The van der Waals surface area contributed by atoms with Crippen LogP contribution in [0.5, 0.6) is 0 Å². The molecule has 2 N–H and O–H groups in total. The summed E-state index contributed by atoms with van der Waals surface area (Å²) >= 11 is 0. The van der Waals surface area contributed by atoms with Crippen LogP contribution in [0.2, 0.25) is 0 Å². The Morgan fingerprint density at radius 3 is 2.76 bits per heavy atom. The first-order valence-corrected chi connectivity index (χ1v) is 7.84. The van der Waals surface area contributed by atoms with Crippen molar-refractivity contribution in [2.75, 3.05) is 6.61 Å². The van der Waals surface area contributed by atoms with Gasteiger partial charge in [0, 0.05) is 18.2 Å². The molecule has 132 valence electrons. The summed E-state index contributed by atoms with van der Waals surface area (Å²) in [4.78, 5) is 37.9. The van der Waals surface area contributed by atoms with Crippen LogP contribution in [0.4, 0.5) is 0 Å². The number of aliphatic hydroxyl groups excluding tert-OH is 1. The van der Waals surface area contributed by atoms with E-state index in [-0.39, 0.29) is 13.0 Å². The highest BCUT2D eigenvalue weighted by Crippen LogP contribution is 2.30. The van der Waals surface area contributed by atoms with Gasteiger partial charge in [-0.25, -0.2) is 9.59 Å². The summed E-state index contributed by atoms with van der Waals surface area (Å²) in [5.74, 6) is -0.529. The van der Waals surface area contributed by atoms with Crippen molar-refractivity contribution >= 4 is 5.97 Å². The van der Waals surface area contributed by atoms with Gasteiger partial charge in [-0.2, -0.15) is 0 Å². The molecule has 1 aromatic carbocycles. The fraction of sp³-hybridized carbons (Fsp3) is 0.353. The number of aromatic amines is 1. The van der Waals surface area contributed by atoms with Crippen LogP contribution in [0.1, 0.15) is 28.6 Å². The van der Waals surface area contributed by atoms with Crippen molar-refractivity contribution in [1.82, 2.24) is 9.55 Å². The monoisotopic (exact) mass is 346 g/mol. The zero-order valence-corrected chi connectivity index (χ0v) is 13.5. The first-order valence-electron chi connectivity index (χ1n) is 7.84. The van der Waals surface area contributed by atoms with Gasteiger partial charge >= 0.3 is 11.7 Å². The lowest BCUT2D eigenvalue weighted by molar-refractivity contribution is -0.0522. The predicted molar refractivity (Wildman–Crippen MR) is 87.3 cm³/mol. The van der Waals surface area contributed by atoms with E-state index in [0.29, 0.717) is 11.1 Å². The van der Waals surface area contributed by atoms with Crippen molar-refractivity contribution in [3.8, 4) is 0 Å². The largest absolute Gasteiger partial charge is 0.456 e. The minimum Gasteiger partial charge on any atom is -0.456 e. The molecule has 0 bridgehead atoms. The Labute approximate surface area is 142 Å². The molecule has 3 rings (SSSR count). The predicted octanol–water partition coefficient (Wildman–Crippen LogP) is 0.350. The second-order valence-corrected chi connectivity index (χ2v) is 5.84. The molecule has 1 aliphatic heterocycles. The Morgan fingerprint density at radius 1 is 1.36 bits per heavy atom. The average Bonchev–Trinajstić information content (AvgIpc) is 3.01. The van der Waals surface area contributed by atoms with E-state index >= 15 is 0 Å². The van der Waals surface area contributed by atoms with Crippen LogP contribution in [0, 0.1) is 6.92 Å². The van der Waals surface area contributed by atoms with Gasteiger partial charge in [0.1, 0.15) is 18.4 Å². The summed E-state index contributed by atoms with van der Waals surface area (Å²) < 4.78 is 12.3. The third-order valence-corrected chi connectivity index (χ3v) is 4.08. The second kappa shape index (κ2) is 7.04. The lowest BCUT2D eigenvalue weighted by atomic mass is 10.1. The molecule has 0 saturated carbocycles. The number of benzene rings is 1. The van der Waals surface area contributed by atoms with E-state index in [2.05, 4.69) is 4.98 Å². The number of aromatic nitrogens is 2. The Hall–Kier alpha value is -2.71. The van der Waals surface area contributed by atoms with Crippen molar-refractivity contribution in [1.29, 1.82) is 0 Å². The van der Waals surface area contributed by atoms with Crippen LogP contribution in [-0.4, -0.2) is 39.4 Å². The minimum atomic E-state index is -0.753. The van der Waals surface area contributed by atoms with Crippen molar-refractivity contribution < 1.29 is 19.4 Å². The third-order valence-electron chi connectivity index (χ3n) is 4.08. The maximum atomic E-state index is 12.2. The zero-order chi connectivity index (χ0) is 18.0. The Morgan fingerprint density at radius 2 is 2.08 bits per heavy atom. The van der Waals surface area contributed by atoms with Gasteiger partial charge in [0.2, 0.25) is 0 Å². The van der Waals surface area contributed by atoms with Crippen LogP contribution < -0.4 is 11.2 Å². The van der Waals surface area contributed by atoms with Crippen molar-refractivity contribution in [3.63, 3.8) is 0 Å². The molecule has 1 saturated heterocycles. The first kappa shape index (κ1) is 17.1. The van der Waals surface area contributed by atoms with E-state index < -0.39 is 35.7 Å². The second-order valence-electron chi connectivity index (χ2n) is 5.84. The van der Waals surface area contributed by atoms with Crippen molar-refractivity contribution in [3.05, 3.63) is 68.5 Å². The number of H-pyrrole nitrogens is 1. The highest BCUT2D eigenvalue weighted by Gasteiger charge is 2.39. The normalized spacial score (nSPS) is 22.7. The number of nitrogens with zero attached hydrogens (tertiary/aromatic N) is 1. The van der Waals surface area contributed by atoms with Crippen molar-refractivity contribution in [2.24, 2.45) is 0 Å². The molecule has 0 aliphatic carbocycles. The number of aliphatic hydroxyl groups is 1. The molecule has 3 atom stereocenters. The van der Waals surface area contributed by atoms with E-state index in [1.807, 2.05) is 0 Å². The van der Waals surface area contributed by atoms with E-state index in [1.54, 1.807) is 37.3 Å². The van der Waals surface area contributed by atoms with Crippen molar-refractivity contribution in [2.45, 2.75) is 31.8 Å². The van der Waals surface area contributed by atoms with E-state index in [0.717, 1.165) is 0 Å². The molecule has 25 heavy (non-hydrogen) atoms. The van der Waals surface area contributed by atoms with Gasteiger partial charge in [-0.1, -0.05) is 18.2 Å². The number of carbonyl (C=O) groups is 1. The van der Waals surface area contributed by atoms with Crippen LogP contribution in [0.3, 0.4) is 0 Å². The van der Waals surface area contributed by atoms with Gasteiger partial charge in [-0.3, -0.25) is 14.3 Å². The quantitative estimate of drug-likeness (QED) is 0.773. The van der Waals surface area contributed by atoms with Crippen LogP contribution in [0.25, 0.3) is 0 Å². The number of esters is 1. The van der Waals surface area contributed by atoms with Gasteiger partial charge in [0.15, 0.2) is 0 Å². The number of hydrogen-bond acceptors (Lipinski definition) is 6. The Bertz CT molecular complexity index is 873. The molecule has 1 aromatic heterocycles. The summed E-state index contributed by atoms with van der Waals surface area (Å²) in [6.45, 7) is 1.21. The Balaban J connectivity index is 1.79. The average molecular weight is 346 g/mol. The fourth-order valence-electron chi connectivity index (χ4n) is 2.74. The number of nitrogens with one attached hydrogen (secondary N) is 1. The molecule has 8 heteroatoms. The molecule has 0 spiro atoms. The zero-order valence-electron chi connectivity index (χ0n) is 13.5. The minimum absolute atomic E-state index is 0.190. The number of rotatable bonds is 4. The molecular weight excluding hydrogens is 328 g/mol. The molecular formula is C17H18N2O6. The summed E-state index contributed by atoms with van der Waals surface area (Å²) in [5.41, 5.74) is -0.342. The highest BCUT2D eigenvalue weighted by molar-refractivity contribution is 5.89. The molecule has 2 heterocycles. The molecule has 2 aromatic rings. The van der Waals surface area contributed by atoms with E-state index in [1.165, 1.54) is 10.8 Å². The summed E-state index contributed by atoms with van der Waals surface area (Å²) in [6, 6.07) is 8.47. The van der Waals surface area contributed by atoms with Crippen LogP contribution in [0.15, 0.2) is 46.1 Å². The standard InChI is InChI=1S/C17H18N2O6/c1-10-8-19(17(23)18-15(10)21)14-7-12(13(9-20)24-14)25-16(22)11-5-3-2-4-6-11/h2-6,8,12-14,20H,7,9H2,1H3,(H,18,21,23)/t12-,13-,14-/m0/s1. The first-order chi connectivity index (χ1) is 12.0. The maximum Gasteiger partial charge on any atom is 0.338 e. The fourth-order valence-corrected chi connectivity index (χ4v) is 2.74. The molecule has 0 radical (unpaired) electrons. The summed E-state index contributed by atoms with van der Waals surface area (Å²) in [5, 5.41) is 9.49. The SMILES string of the molecule is Cc1cn([C@@H]2C[C@H](OC(=O)c3ccccc3)[C@H](CO)O2)c(=O)[nH]c1=O. The lowest BCUT2D eigenvalue weighted by Gasteiger charge is -2.16. The number of carbonyl (C=O) groups excluding carboxylic acids is 1. The number of aryl methyl sites for hydroxylation is 1. The third kappa shape index (κ3) is 3.54. The molecule has 0 amide bonds. The topological polar surface area (TPSA) is 111 Å². The van der Waals surface area contributed by atoms with Gasteiger partial charge in [-0.05, 0) is 19.1 Å². The number of ether oxygens (including phenoxy) is 2. The van der Waals surface area contributed by atoms with Crippen LogP contribution >= 0.6 is 0 Å². The van der Waals surface area contributed by atoms with E-state index in [4.69, 9.17) is 9.47 Å². The maximum absolute atomic E-state index is 12.2. The van der Waals surface area contributed by atoms with Crippen LogP contribution in [-0.2, 0) is 9.47 Å². The summed E-state index contributed by atoms with van der Waals surface area (Å²) in [6.07, 6.45) is -0.621. The lowest BCUT2D eigenvalue weighted by Crippen LogP contribution is -2.33.